The van der Waals surface area contributed by atoms with E-state index < -0.39 is 24.3 Å². The second-order valence-corrected chi connectivity index (χ2v) is 10.5. The molecule has 0 amide bonds. The molecular formula is C28H31FN6O3. The highest BCUT2D eigenvalue weighted by atomic mass is 19.1. The Morgan fingerprint density at radius 3 is 2.71 bits per heavy atom. The number of hydrogen-bond acceptors (Lipinski definition) is 7. The van der Waals surface area contributed by atoms with Crippen molar-refractivity contribution in [3.63, 3.8) is 0 Å². The van der Waals surface area contributed by atoms with Gasteiger partial charge in [-0.2, -0.15) is 0 Å². The summed E-state index contributed by atoms with van der Waals surface area (Å²) in [5.41, 5.74) is 1.37. The predicted molar refractivity (Wildman–Crippen MR) is 140 cm³/mol. The predicted octanol–water partition coefficient (Wildman–Crippen LogP) is 4.97. The first-order chi connectivity index (χ1) is 19.4. The maximum atomic E-state index is 16.6. The van der Waals surface area contributed by atoms with E-state index >= 15 is 4.39 Å². The van der Waals surface area contributed by atoms with Crippen LogP contribution in [0.3, 0.4) is 0 Å². The van der Waals surface area contributed by atoms with Crippen LogP contribution in [0.1, 0.15) is 59.6 Å². The fourth-order valence-electron chi connectivity index (χ4n) is 5.67. The molecule has 198 valence electrons. The Balaban J connectivity index is 1.72. The largest absolute Gasteiger partial charge is 0.386 e. The zero-order chi connectivity index (χ0) is 29.3. The molecule has 1 saturated heterocycles. The normalized spacial score (nSPS) is 17.6. The standard InChI is InChI=1S/C28H31FN6O3/c1-15-12-21(32-38-15)26(17-8-10-37-11-9-17)35-22-13-18(25-16(2)31-33-34(25)5)14-30-24(22)19-6-7-20(28(3,4)36)23(29)27(19)35/h6-7,12-14,17,26,36H,8-11H2,1-5H3/i2D3. The van der Waals surface area contributed by atoms with Gasteiger partial charge in [-0.1, -0.05) is 22.5 Å². The first-order valence-electron chi connectivity index (χ1n) is 14.1. The Kier molecular flexibility index (Phi) is 5.04. The van der Waals surface area contributed by atoms with Crippen molar-refractivity contribution in [1.29, 1.82) is 0 Å². The van der Waals surface area contributed by atoms with Gasteiger partial charge in [-0.05, 0) is 52.4 Å². The number of ether oxygens (including phenoxy) is 1. The summed E-state index contributed by atoms with van der Waals surface area (Å²) in [4.78, 5) is 4.74. The highest BCUT2D eigenvalue weighted by Gasteiger charge is 2.34. The SMILES string of the molecule is [2H]C([2H])([2H])c1nnn(C)c1-c1cnc2c3ccc(C(C)(C)O)c(F)c3n(C(c3cc(C)on3)C3CCOCC3)c2c1. The maximum absolute atomic E-state index is 16.6. The summed E-state index contributed by atoms with van der Waals surface area (Å²) < 4.78 is 55.0. The summed E-state index contributed by atoms with van der Waals surface area (Å²) in [5, 5.41) is 23.6. The second kappa shape index (κ2) is 8.99. The van der Waals surface area contributed by atoms with Crippen LogP contribution < -0.4 is 0 Å². The Morgan fingerprint density at radius 1 is 1.24 bits per heavy atom. The summed E-state index contributed by atoms with van der Waals surface area (Å²) in [6.45, 7) is 3.51. The van der Waals surface area contributed by atoms with Crippen LogP contribution in [-0.2, 0) is 17.4 Å². The van der Waals surface area contributed by atoms with Gasteiger partial charge in [0.25, 0.3) is 0 Å². The van der Waals surface area contributed by atoms with Crippen LogP contribution in [0.25, 0.3) is 33.2 Å². The van der Waals surface area contributed by atoms with E-state index in [-0.39, 0.29) is 22.7 Å². The lowest BCUT2D eigenvalue weighted by Gasteiger charge is -2.31. The van der Waals surface area contributed by atoms with E-state index in [0.29, 0.717) is 65.2 Å². The minimum absolute atomic E-state index is 0.0252. The number of aliphatic hydroxyl groups is 1. The van der Waals surface area contributed by atoms with Crippen LogP contribution in [0.5, 0.6) is 0 Å². The van der Waals surface area contributed by atoms with E-state index in [1.54, 1.807) is 45.3 Å². The smallest absolute Gasteiger partial charge is 0.153 e. The van der Waals surface area contributed by atoms with Crippen molar-refractivity contribution in [1.82, 2.24) is 29.7 Å². The van der Waals surface area contributed by atoms with E-state index in [9.17, 15) is 5.11 Å². The quantitative estimate of drug-likeness (QED) is 0.348. The molecule has 9 nitrogen and oxygen atoms in total. The number of benzene rings is 1. The van der Waals surface area contributed by atoms with E-state index in [0.717, 1.165) is 0 Å². The number of aromatic nitrogens is 6. The van der Waals surface area contributed by atoms with E-state index in [4.69, 9.17) is 18.4 Å². The van der Waals surface area contributed by atoms with Crippen LogP contribution in [0.15, 0.2) is 35.0 Å². The summed E-state index contributed by atoms with van der Waals surface area (Å²) >= 11 is 0. The van der Waals surface area contributed by atoms with Gasteiger partial charge in [0, 0.05) is 53.2 Å². The summed E-state index contributed by atoms with van der Waals surface area (Å²) in [5.74, 6) is 0.0898. The molecular weight excluding hydrogens is 487 g/mol. The van der Waals surface area contributed by atoms with Gasteiger partial charge in [0.1, 0.15) is 11.5 Å². The average molecular weight is 522 g/mol. The molecule has 1 N–H and O–H groups in total. The van der Waals surface area contributed by atoms with Crippen molar-refractivity contribution in [3.8, 4) is 11.3 Å². The van der Waals surface area contributed by atoms with Crippen molar-refractivity contribution in [2.75, 3.05) is 13.2 Å². The number of pyridine rings is 1. The van der Waals surface area contributed by atoms with E-state index in [2.05, 4.69) is 15.5 Å². The molecule has 38 heavy (non-hydrogen) atoms. The molecule has 1 aromatic carbocycles. The molecule has 5 heterocycles. The summed E-state index contributed by atoms with van der Waals surface area (Å²) in [7, 11) is 1.62. The Labute approximate surface area is 223 Å². The van der Waals surface area contributed by atoms with Gasteiger partial charge < -0.3 is 18.9 Å². The molecule has 1 aliphatic rings. The highest BCUT2D eigenvalue weighted by Crippen LogP contribution is 2.43. The number of fused-ring (bicyclic) bond motifs is 3. The first kappa shape index (κ1) is 21.3. The number of rotatable bonds is 5. The van der Waals surface area contributed by atoms with Crippen LogP contribution in [0.4, 0.5) is 4.39 Å². The molecule has 0 saturated carbocycles. The van der Waals surface area contributed by atoms with Gasteiger partial charge in [0.2, 0.25) is 0 Å². The monoisotopic (exact) mass is 521 g/mol. The van der Waals surface area contributed by atoms with Crippen LogP contribution in [0.2, 0.25) is 0 Å². The third-order valence-electron chi connectivity index (χ3n) is 7.44. The molecule has 1 unspecified atom stereocenters. The summed E-state index contributed by atoms with van der Waals surface area (Å²) in [6, 6.07) is 6.56. The van der Waals surface area contributed by atoms with Crippen molar-refractivity contribution in [2.24, 2.45) is 13.0 Å². The van der Waals surface area contributed by atoms with Gasteiger partial charge in [-0.15, -0.1) is 5.10 Å². The minimum atomic E-state index is -2.50. The lowest BCUT2D eigenvalue weighted by molar-refractivity contribution is 0.0542. The van der Waals surface area contributed by atoms with E-state index in [1.165, 1.54) is 4.68 Å². The van der Waals surface area contributed by atoms with Gasteiger partial charge >= 0.3 is 0 Å². The van der Waals surface area contributed by atoms with Gasteiger partial charge in [-0.25, -0.2) is 9.07 Å². The molecule has 0 spiro atoms. The highest BCUT2D eigenvalue weighted by molar-refractivity contribution is 6.07. The average Bonchev–Trinajstić information content (AvgIpc) is 3.60. The zero-order valence-corrected chi connectivity index (χ0v) is 21.7. The molecule has 1 aliphatic heterocycles. The van der Waals surface area contributed by atoms with Crippen LogP contribution >= 0.6 is 0 Å². The molecule has 1 fully saturated rings. The molecule has 0 aliphatic carbocycles. The number of aryl methyl sites for hydroxylation is 3. The second-order valence-electron chi connectivity index (χ2n) is 10.5. The molecule has 0 radical (unpaired) electrons. The fourth-order valence-corrected chi connectivity index (χ4v) is 5.67. The van der Waals surface area contributed by atoms with Gasteiger partial charge in [0.15, 0.2) is 5.82 Å². The number of nitrogens with zero attached hydrogens (tertiary/aromatic N) is 6. The van der Waals surface area contributed by atoms with Crippen molar-refractivity contribution >= 4 is 21.9 Å². The zero-order valence-electron chi connectivity index (χ0n) is 24.7. The van der Waals surface area contributed by atoms with Crippen molar-refractivity contribution in [3.05, 3.63) is 59.0 Å². The molecule has 10 heteroatoms. The first-order valence-corrected chi connectivity index (χ1v) is 12.6. The Bertz CT molecular complexity index is 1760. The van der Waals surface area contributed by atoms with Gasteiger partial charge in [-0.3, -0.25) is 4.98 Å². The van der Waals surface area contributed by atoms with Crippen LogP contribution in [0, 0.1) is 25.5 Å². The molecule has 1 atom stereocenters. The number of hydrogen-bond donors (Lipinski definition) is 1. The van der Waals surface area contributed by atoms with Gasteiger partial charge in [0.05, 0.1) is 39.6 Å². The van der Waals surface area contributed by atoms with E-state index in [1.807, 2.05) is 17.6 Å². The fraction of sp³-hybridized carbons (Fsp3) is 0.429. The van der Waals surface area contributed by atoms with Crippen LogP contribution in [-0.4, -0.2) is 48.0 Å². The molecule has 4 aromatic heterocycles. The third-order valence-corrected chi connectivity index (χ3v) is 7.44. The molecule has 5 aromatic rings. The number of halogens is 1. The topological polar surface area (TPSA) is 104 Å². The minimum Gasteiger partial charge on any atom is -0.386 e. The third kappa shape index (κ3) is 3.90. The molecule has 0 bridgehead atoms. The van der Waals surface area contributed by atoms with Crippen molar-refractivity contribution in [2.45, 2.75) is 52.1 Å². The Hall–Kier alpha value is -3.63. The summed E-state index contributed by atoms with van der Waals surface area (Å²) in [6.07, 6.45) is 2.99. The lowest BCUT2D eigenvalue weighted by Crippen LogP contribution is -2.27. The van der Waals surface area contributed by atoms with Crippen molar-refractivity contribution < 1.29 is 22.9 Å². The maximum Gasteiger partial charge on any atom is 0.153 e. The lowest BCUT2D eigenvalue weighted by atomic mass is 9.89. The molecule has 6 rings (SSSR count). The Morgan fingerprint density at radius 2 is 2.03 bits per heavy atom.